The van der Waals surface area contributed by atoms with Crippen LogP contribution in [0.1, 0.15) is 5.56 Å². The maximum absolute atomic E-state index is 4.13. The third-order valence-corrected chi connectivity index (χ3v) is 1.43. The van der Waals surface area contributed by atoms with Gasteiger partial charge >= 0.3 is 0 Å². The first kappa shape index (κ1) is 8.74. The predicted molar refractivity (Wildman–Crippen MR) is 51.8 cm³/mol. The summed E-state index contributed by atoms with van der Waals surface area (Å²) < 4.78 is 0. The molecule has 0 saturated heterocycles. The fourth-order valence-electron chi connectivity index (χ4n) is 0.925. The van der Waals surface area contributed by atoms with Crippen LogP contribution in [0.2, 0.25) is 0 Å². The molecule has 1 aliphatic heterocycles. The van der Waals surface area contributed by atoms with E-state index in [1.807, 2.05) is 12.1 Å². The molecule has 1 N–H and O–H groups in total. The van der Waals surface area contributed by atoms with Gasteiger partial charge in [-0.2, -0.15) is 0 Å². The summed E-state index contributed by atoms with van der Waals surface area (Å²) in [5.41, 5.74) is 1.01. The summed E-state index contributed by atoms with van der Waals surface area (Å²) in [6, 6.07) is 3.85. The molecule has 1 aliphatic rings. The van der Waals surface area contributed by atoms with E-state index in [-0.39, 0.29) is 12.4 Å². The van der Waals surface area contributed by atoms with E-state index in [9.17, 15) is 0 Å². The summed E-state index contributed by atoms with van der Waals surface area (Å²) >= 11 is 0. The number of hydrogen-bond acceptors (Lipinski definition) is 3. The molecule has 0 fully saturated rings. The molecule has 4 heteroatoms. The Kier molecular flexibility index (Phi) is 2.82. The number of halogens is 1. The summed E-state index contributed by atoms with van der Waals surface area (Å²) in [6.45, 7) is 0. The molecule has 2 heterocycles. The van der Waals surface area contributed by atoms with Crippen LogP contribution in [0.15, 0.2) is 35.7 Å². The number of aromatic nitrogens is 1. The molecule has 0 bridgehead atoms. The molecule has 0 spiro atoms. The Morgan fingerprint density at radius 1 is 1.33 bits per heavy atom. The number of rotatable bonds is 0. The minimum atomic E-state index is 0. The molecule has 0 radical (unpaired) electrons. The van der Waals surface area contributed by atoms with Crippen molar-refractivity contribution in [2.45, 2.75) is 0 Å². The number of nitrogens with zero attached hydrogens (tertiary/aromatic N) is 2. The van der Waals surface area contributed by atoms with Crippen molar-refractivity contribution in [3.8, 4) is 0 Å². The zero-order chi connectivity index (χ0) is 7.52. The van der Waals surface area contributed by atoms with Crippen LogP contribution in [0.5, 0.6) is 0 Å². The lowest BCUT2D eigenvalue weighted by atomic mass is 10.3. The molecule has 0 atom stereocenters. The first-order valence-electron chi connectivity index (χ1n) is 3.36. The normalized spacial score (nSPS) is 12.3. The number of anilines is 1. The van der Waals surface area contributed by atoms with Crippen LogP contribution in [0, 0.1) is 0 Å². The maximum Gasteiger partial charge on any atom is 0.138 e. The highest BCUT2D eigenvalue weighted by molar-refractivity contribution is 5.87. The Hall–Kier alpha value is -1.35. The van der Waals surface area contributed by atoms with Crippen LogP contribution in [-0.2, 0) is 0 Å². The molecule has 0 aliphatic carbocycles. The molecular formula is C8H8ClN3. The quantitative estimate of drug-likeness (QED) is 0.663. The van der Waals surface area contributed by atoms with Crippen molar-refractivity contribution in [1.29, 1.82) is 0 Å². The van der Waals surface area contributed by atoms with Crippen molar-refractivity contribution < 1.29 is 0 Å². The van der Waals surface area contributed by atoms with Gasteiger partial charge in [-0.1, -0.05) is 0 Å². The van der Waals surface area contributed by atoms with Gasteiger partial charge in [0.1, 0.15) is 5.82 Å². The van der Waals surface area contributed by atoms with Crippen molar-refractivity contribution in [3.63, 3.8) is 0 Å². The van der Waals surface area contributed by atoms with Crippen LogP contribution in [0.4, 0.5) is 5.82 Å². The zero-order valence-corrected chi connectivity index (χ0v) is 7.08. The SMILES string of the molecule is C1=CNc2ncccc2C=N1.Cl. The standard InChI is InChI=1S/C8H7N3.ClH/c1-2-7-6-9-4-5-11-8(7)10-3-1;/h1-6H,(H,10,11);1H. The van der Waals surface area contributed by atoms with Crippen LogP contribution in [0.3, 0.4) is 0 Å². The van der Waals surface area contributed by atoms with Crippen molar-refractivity contribution in [1.82, 2.24) is 4.98 Å². The van der Waals surface area contributed by atoms with E-state index in [1.54, 1.807) is 24.8 Å². The Labute approximate surface area is 76.6 Å². The second-order valence-electron chi connectivity index (χ2n) is 2.18. The Balaban J connectivity index is 0.000000720. The average Bonchev–Trinajstić information content (AvgIpc) is 2.28. The van der Waals surface area contributed by atoms with E-state index in [1.165, 1.54) is 0 Å². The number of hydrogen-bond donors (Lipinski definition) is 1. The molecule has 0 aromatic carbocycles. The monoisotopic (exact) mass is 181 g/mol. The molecule has 0 amide bonds. The zero-order valence-electron chi connectivity index (χ0n) is 6.27. The van der Waals surface area contributed by atoms with Gasteiger partial charge in [0.15, 0.2) is 0 Å². The van der Waals surface area contributed by atoms with Gasteiger partial charge in [0.25, 0.3) is 0 Å². The third-order valence-electron chi connectivity index (χ3n) is 1.43. The van der Waals surface area contributed by atoms with Crippen molar-refractivity contribution >= 4 is 24.4 Å². The molecular weight excluding hydrogens is 174 g/mol. The lowest BCUT2D eigenvalue weighted by molar-refractivity contribution is 1.30. The maximum atomic E-state index is 4.13. The molecule has 3 nitrogen and oxygen atoms in total. The predicted octanol–water partition coefficient (Wildman–Crippen LogP) is 1.82. The minimum Gasteiger partial charge on any atom is -0.345 e. The number of fused-ring (bicyclic) bond motifs is 1. The van der Waals surface area contributed by atoms with E-state index in [2.05, 4.69) is 15.3 Å². The number of aliphatic imine (C=N–C) groups is 1. The summed E-state index contributed by atoms with van der Waals surface area (Å²) in [7, 11) is 0. The van der Waals surface area contributed by atoms with E-state index in [0.717, 1.165) is 11.4 Å². The van der Waals surface area contributed by atoms with Gasteiger partial charge in [-0.15, -0.1) is 12.4 Å². The van der Waals surface area contributed by atoms with Crippen molar-refractivity contribution in [2.24, 2.45) is 4.99 Å². The van der Waals surface area contributed by atoms with Crippen LogP contribution in [0.25, 0.3) is 0 Å². The molecule has 1 aromatic rings. The molecule has 62 valence electrons. The van der Waals surface area contributed by atoms with Gasteiger partial charge in [0.2, 0.25) is 0 Å². The fraction of sp³-hybridized carbons (Fsp3) is 0. The lowest BCUT2D eigenvalue weighted by Gasteiger charge is -1.99. The minimum absolute atomic E-state index is 0. The van der Waals surface area contributed by atoms with Gasteiger partial charge in [-0.25, -0.2) is 4.98 Å². The van der Waals surface area contributed by atoms with Gasteiger partial charge in [0.05, 0.1) is 0 Å². The third kappa shape index (κ3) is 1.62. The van der Waals surface area contributed by atoms with Gasteiger partial charge < -0.3 is 5.32 Å². The molecule has 0 unspecified atom stereocenters. The van der Waals surface area contributed by atoms with Gasteiger partial charge in [-0.3, -0.25) is 4.99 Å². The van der Waals surface area contributed by atoms with Crippen molar-refractivity contribution in [3.05, 3.63) is 36.3 Å². The van der Waals surface area contributed by atoms with Gasteiger partial charge in [-0.05, 0) is 12.1 Å². The van der Waals surface area contributed by atoms with E-state index < -0.39 is 0 Å². The summed E-state index contributed by atoms with van der Waals surface area (Å²) in [5.74, 6) is 0.852. The van der Waals surface area contributed by atoms with Crippen LogP contribution >= 0.6 is 12.4 Å². The van der Waals surface area contributed by atoms with E-state index in [0.29, 0.717) is 0 Å². The van der Waals surface area contributed by atoms with Crippen molar-refractivity contribution in [2.75, 3.05) is 5.32 Å². The van der Waals surface area contributed by atoms with E-state index >= 15 is 0 Å². The lowest BCUT2D eigenvalue weighted by Crippen LogP contribution is -1.93. The van der Waals surface area contributed by atoms with Gasteiger partial charge in [0, 0.05) is 30.4 Å². The summed E-state index contributed by atoms with van der Waals surface area (Å²) in [5, 5.41) is 3.01. The highest BCUT2D eigenvalue weighted by Gasteiger charge is 1.98. The first-order valence-corrected chi connectivity index (χ1v) is 3.36. The Morgan fingerprint density at radius 3 is 3.17 bits per heavy atom. The highest BCUT2D eigenvalue weighted by Crippen LogP contribution is 2.10. The largest absolute Gasteiger partial charge is 0.345 e. The Morgan fingerprint density at radius 2 is 2.25 bits per heavy atom. The summed E-state index contributed by atoms with van der Waals surface area (Å²) in [6.07, 6.45) is 6.98. The van der Waals surface area contributed by atoms with Crippen LogP contribution in [-0.4, -0.2) is 11.2 Å². The number of nitrogens with one attached hydrogen (secondary N) is 1. The molecule has 0 saturated carbocycles. The topological polar surface area (TPSA) is 37.3 Å². The first-order chi connectivity index (χ1) is 5.47. The molecule has 12 heavy (non-hydrogen) atoms. The fourth-order valence-corrected chi connectivity index (χ4v) is 0.925. The second kappa shape index (κ2) is 3.88. The average molecular weight is 182 g/mol. The molecule has 2 rings (SSSR count). The van der Waals surface area contributed by atoms with Crippen LogP contribution < -0.4 is 5.32 Å². The smallest absolute Gasteiger partial charge is 0.138 e. The second-order valence-corrected chi connectivity index (χ2v) is 2.18. The highest BCUT2D eigenvalue weighted by atomic mass is 35.5. The number of pyridine rings is 1. The molecule has 1 aromatic heterocycles. The summed E-state index contributed by atoms with van der Waals surface area (Å²) in [4.78, 5) is 8.13. The van der Waals surface area contributed by atoms with E-state index in [4.69, 9.17) is 0 Å². The Bertz CT molecular complexity index is 320.